The van der Waals surface area contributed by atoms with E-state index in [4.69, 9.17) is 15.7 Å². The molecule has 2 N–H and O–H groups in total. The number of carbonyl (C=O) groups excluding carboxylic acids is 1. The van der Waals surface area contributed by atoms with E-state index in [1.807, 2.05) is 6.92 Å². The number of nitrogens with two attached hydrogens (primary N) is 1. The number of nitrogens with zero attached hydrogens (tertiary/aromatic N) is 2. The average Bonchev–Trinajstić information content (AvgIpc) is 2.92. The molecule has 1 aromatic rings. The van der Waals surface area contributed by atoms with Crippen molar-refractivity contribution in [2.75, 3.05) is 0 Å². The Hall–Kier alpha value is -1.49. The number of hydrogen-bond donors (Lipinski definition) is 1. The number of ketones is 1. The highest BCUT2D eigenvalue weighted by molar-refractivity contribution is 9.10. The zero-order valence-corrected chi connectivity index (χ0v) is 14.1. The lowest BCUT2D eigenvalue weighted by molar-refractivity contribution is -0.123. The predicted octanol–water partition coefficient (Wildman–Crippen LogP) is 3.12. The topological polar surface area (TPSA) is 67.8 Å². The van der Waals surface area contributed by atoms with Crippen LogP contribution in [0.15, 0.2) is 32.7 Å². The van der Waals surface area contributed by atoms with Crippen LogP contribution in [0.1, 0.15) is 43.7 Å². The Kier molecular flexibility index (Phi) is 2.89. The third-order valence-corrected chi connectivity index (χ3v) is 5.96. The van der Waals surface area contributed by atoms with E-state index in [0.29, 0.717) is 24.5 Å². The zero-order chi connectivity index (χ0) is 15.5. The van der Waals surface area contributed by atoms with Gasteiger partial charge in [-0.2, -0.15) is 0 Å². The van der Waals surface area contributed by atoms with Gasteiger partial charge in [0.15, 0.2) is 5.66 Å². The molecular weight excluding hydrogens is 342 g/mol. The number of fused-ring (bicyclic) bond motifs is 3. The van der Waals surface area contributed by atoms with Crippen LogP contribution in [-0.4, -0.2) is 17.3 Å². The molecule has 0 aromatic heterocycles. The number of halogens is 1. The second kappa shape index (κ2) is 4.51. The first-order valence-electron chi connectivity index (χ1n) is 7.69. The molecule has 0 bridgehead atoms. The summed E-state index contributed by atoms with van der Waals surface area (Å²) < 4.78 is 1.03. The van der Waals surface area contributed by atoms with Crippen molar-refractivity contribution in [3.63, 3.8) is 0 Å². The summed E-state index contributed by atoms with van der Waals surface area (Å²) in [7, 11) is 0. The van der Waals surface area contributed by atoms with Gasteiger partial charge in [-0.15, -0.1) is 0 Å². The van der Waals surface area contributed by atoms with Crippen molar-refractivity contribution < 1.29 is 4.79 Å². The number of carbonyl (C=O) groups is 1. The van der Waals surface area contributed by atoms with Gasteiger partial charge < -0.3 is 5.73 Å². The Morgan fingerprint density at radius 3 is 2.59 bits per heavy atom. The molecule has 0 saturated heterocycles. The summed E-state index contributed by atoms with van der Waals surface area (Å²) in [6.45, 7) is 1.92. The van der Waals surface area contributed by atoms with Gasteiger partial charge in [0.25, 0.3) is 0 Å². The van der Waals surface area contributed by atoms with Crippen LogP contribution in [-0.2, 0) is 16.9 Å². The molecule has 1 saturated carbocycles. The van der Waals surface area contributed by atoms with Gasteiger partial charge in [0.2, 0.25) is 0 Å². The number of rotatable bonds is 0. The Balaban J connectivity index is 1.94. The van der Waals surface area contributed by atoms with Gasteiger partial charge in [0, 0.05) is 28.3 Å². The molecule has 22 heavy (non-hydrogen) atoms. The highest BCUT2D eigenvalue weighted by Gasteiger charge is 2.60. The van der Waals surface area contributed by atoms with Crippen molar-refractivity contribution in [1.29, 1.82) is 0 Å². The van der Waals surface area contributed by atoms with Crippen LogP contribution in [0.2, 0.25) is 0 Å². The van der Waals surface area contributed by atoms with E-state index in [2.05, 4.69) is 34.1 Å². The van der Waals surface area contributed by atoms with Crippen molar-refractivity contribution in [2.45, 2.75) is 44.7 Å². The molecule has 1 atom stereocenters. The molecule has 4 rings (SSSR count). The van der Waals surface area contributed by atoms with Crippen molar-refractivity contribution >= 4 is 33.3 Å². The summed E-state index contributed by atoms with van der Waals surface area (Å²) in [4.78, 5) is 21.5. The van der Waals surface area contributed by atoms with Crippen LogP contribution in [0, 0.1) is 5.41 Å². The summed E-state index contributed by atoms with van der Waals surface area (Å²) in [6, 6.07) is 6.35. The lowest BCUT2D eigenvalue weighted by Crippen LogP contribution is -2.42. The third kappa shape index (κ3) is 1.72. The van der Waals surface area contributed by atoms with Gasteiger partial charge in [-0.1, -0.05) is 22.0 Å². The van der Waals surface area contributed by atoms with E-state index >= 15 is 0 Å². The summed E-state index contributed by atoms with van der Waals surface area (Å²) in [5, 5.41) is 0. The lowest BCUT2D eigenvalue weighted by atomic mass is 9.66. The summed E-state index contributed by atoms with van der Waals surface area (Å²) in [6.07, 6.45) is 3.86. The molecule has 5 heteroatoms. The van der Waals surface area contributed by atoms with Crippen LogP contribution in [0.5, 0.6) is 0 Å². The van der Waals surface area contributed by atoms with E-state index in [0.717, 1.165) is 35.0 Å². The summed E-state index contributed by atoms with van der Waals surface area (Å²) in [5.41, 5.74) is 8.60. The lowest BCUT2D eigenvalue weighted by Gasteiger charge is -2.42. The van der Waals surface area contributed by atoms with E-state index in [-0.39, 0.29) is 5.41 Å². The molecule has 1 unspecified atom stereocenters. The molecule has 2 aliphatic carbocycles. The molecule has 1 fully saturated rings. The van der Waals surface area contributed by atoms with Crippen molar-refractivity contribution in [1.82, 2.24) is 0 Å². The van der Waals surface area contributed by atoms with E-state index in [1.165, 1.54) is 5.56 Å². The number of hydrogen-bond acceptors (Lipinski definition) is 4. The van der Waals surface area contributed by atoms with Crippen molar-refractivity contribution in [3.05, 3.63) is 33.8 Å². The second-order valence-corrected chi connectivity index (χ2v) is 7.58. The molecule has 114 valence electrons. The van der Waals surface area contributed by atoms with E-state index in [1.54, 1.807) is 0 Å². The molecule has 1 aromatic carbocycles. The Morgan fingerprint density at radius 2 is 1.95 bits per heavy atom. The van der Waals surface area contributed by atoms with Gasteiger partial charge in [-0.25, -0.2) is 4.99 Å². The summed E-state index contributed by atoms with van der Waals surface area (Å²) >= 11 is 3.57. The maximum atomic E-state index is 11.8. The van der Waals surface area contributed by atoms with Crippen LogP contribution in [0.4, 0.5) is 0 Å². The number of benzene rings is 1. The molecule has 0 amide bonds. The third-order valence-electron chi connectivity index (χ3n) is 5.46. The van der Waals surface area contributed by atoms with Crippen LogP contribution < -0.4 is 5.73 Å². The molecule has 2 spiro atoms. The SMILES string of the molecule is CC1=NC2(N=C1N)c1cc(Br)ccc1CC21CCC(=O)CC1. The molecule has 3 aliphatic rings. The highest BCUT2D eigenvalue weighted by atomic mass is 79.9. The Labute approximate surface area is 138 Å². The second-order valence-electron chi connectivity index (χ2n) is 6.66. The normalized spacial score (nSPS) is 28.9. The minimum Gasteiger partial charge on any atom is -0.382 e. The Morgan fingerprint density at radius 1 is 1.23 bits per heavy atom. The first-order chi connectivity index (χ1) is 10.5. The summed E-state index contributed by atoms with van der Waals surface area (Å²) in [5.74, 6) is 0.887. The monoisotopic (exact) mass is 359 g/mol. The quantitative estimate of drug-likeness (QED) is 0.772. The van der Waals surface area contributed by atoms with Crippen LogP contribution in [0.25, 0.3) is 0 Å². The molecule has 0 radical (unpaired) electrons. The first-order valence-corrected chi connectivity index (χ1v) is 8.48. The van der Waals surface area contributed by atoms with E-state index < -0.39 is 5.66 Å². The minimum absolute atomic E-state index is 0.105. The zero-order valence-electron chi connectivity index (χ0n) is 12.5. The van der Waals surface area contributed by atoms with Gasteiger partial charge in [-0.05, 0) is 43.9 Å². The van der Waals surface area contributed by atoms with Gasteiger partial charge in [-0.3, -0.25) is 9.79 Å². The van der Waals surface area contributed by atoms with Crippen LogP contribution >= 0.6 is 15.9 Å². The number of aliphatic imine (C=N–C) groups is 2. The Bertz CT molecular complexity index is 722. The van der Waals surface area contributed by atoms with Gasteiger partial charge >= 0.3 is 0 Å². The molecule has 1 heterocycles. The van der Waals surface area contributed by atoms with Gasteiger partial charge in [0.05, 0.1) is 5.71 Å². The largest absolute Gasteiger partial charge is 0.382 e. The van der Waals surface area contributed by atoms with Crippen LogP contribution in [0.3, 0.4) is 0 Å². The van der Waals surface area contributed by atoms with Crippen molar-refractivity contribution in [3.8, 4) is 0 Å². The standard InChI is InChI=1S/C17H18BrN3O/c1-10-15(19)21-17(20-10)14-8-12(18)3-2-11(14)9-16(17)6-4-13(22)5-7-16/h2-3,8H,4-7,9H2,1H3,(H2,19,21). The smallest absolute Gasteiger partial charge is 0.184 e. The van der Waals surface area contributed by atoms with Gasteiger partial charge in [0.1, 0.15) is 11.6 Å². The maximum absolute atomic E-state index is 11.8. The molecule has 1 aliphatic heterocycles. The fraction of sp³-hybridized carbons (Fsp3) is 0.471. The highest BCUT2D eigenvalue weighted by Crippen LogP contribution is 2.61. The molecular formula is C17H18BrN3O. The average molecular weight is 360 g/mol. The first kappa shape index (κ1) is 14.1. The fourth-order valence-electron chi connectivity index (χ4n) is 4.27. The minimum atomic E-state index is -0.624. The fourth-order valence-corrected chi connectivity index (χ4v) is 4.63. The van der Waals surface area contributed by atoms with Crippen molar-refractivity contribution in [2.24, 2.45) is 21.1 Å². The molecule has 4 nitrogen and oxygen atoms in total. The number of Topliss-reactive ketones (excluding diaryl/α,β-unsaturated/α-hetero) is 1. The van der Waals surface area contributed by atoms with E-state index in [9.17, 15) is 4.79 Å². The number of amidine groups is 1. The predicted molar refractivity (Wildman–Crippen MR) is 90.2 cm³/mol. The maximum Gasteiger partial charge on any atom is 0.184 e.